The van der Waals surface area contributed by atoms with E-state index in [4.69, 9.17) is 0 Å². The molecule has 0 saturated carbocycles. The maximum atomic E-state index is 11.6. The summed E-state index contributed by atoms with van der Waals surface area (Å²) in [6, 6.07) is 3.44. The van der Waals surface area contributed by atoms with Gasteiger partial charge in [0.05, 0.1) is 11.9 Å². The molecule has 2 N–H and O–H groups in total. The van der Waals surface area contributed by atoms with Crippen LogP contribution in [0.15, 0.2) is 29.1 Å². The van der Waals surface area contributed by atoms with Crippen molar-refractivity contribution in [1.29, 1.82) is 0 Å². The number of aromatic amines is 1. The van der Waals surface area contributed by atoms with E-state index >= 15 is 0 Å². The molecule has 1 amide bonds. The van der Waals surface area contributed by atoms with Gasteiger partial charge in [0.2, 0.25) is 0 Å². The fourth-order valence-corrected chi connectivity index (χ4v) is 1.42. The number of anilines is 1. The zero-order chi connectivity index (χ0) is 11.5. The SMILES string of the molecule is Cc1cc(NC(=O)c2ccn[nH]2)cnc1Br. The van der Waals surface area contributed by atoms with Crippen molar-refractivity contribution in [3.63, 3.8) is 0 Å². The second-order valence-corrected chi connectivity index (χ2v) is 4.01. The maximum Gasteiger partial charge on any atom is 0.273 e. The van der Waals surface area contributed by atoms with Crippen LogP contribution in [-0.4, -0.2) is 21.1 Å². The lowest BCUT2D eigenvalue weighted by Gasteiger charge is -2.04. The summed E-state index contributed by atoms with van der Waals surface area (Å²) in [4.78, 5) is 15.7. The first-order valence-corrected chi connectivity index (χ1v) is 5.39. The monoisotopic (exact) mass is 280 g/mol. The van der Waals surface area contributed by atoms with Gasteiger partial charge in [-0.3, -0.25) is 9.89 Å². The largest absolute Gasteiger partial charge is 0.319 e. The summed E-state index contributed by atoms with van der Waals surface area (Å²) in [7, 11) is 0. The third kappa shape index (κ3) is 2.27. The molecule has 0 fully saturated rings. The van der Waals surface area contributed by atoms with Gasteiger partial charge in [-0.15, -0.1) is 0 Å². The van der Waals surface area contributed by atoms with E-state index in [1.165, 1.54) is 6.20 Å². The van der Waals surface area contributed by atoms with Gasteiger partial charge in [0.1, 0.15) is 10.3 Å². The number of H-pyrrole nitrogens is 1. The van der Waals surface area contributed by atoms with Gasteiger partial charge in [0.15, 0.2) is 0 Å². The Hall–Kier alpha value is -1.69. The van der Waals surface area contributed by atoms with Crippen LogP contribution in [0, 0.1) is 6.92 Å². The molecule has 0 spiro atoms. The lowest BCUT2D eigenvalue weighted by atomic mass is 10.3. The number of pyridine rings is 1. The van der Waals surface area contributed by atoms with Crippen LogP contribution in [0.3, 0.4) is 0 Å². The summed E-state index contributed by atoms with van der Waals surface area (Å²) < 4.78 is 0.770. The normalized spacial score (nSPS) is 10.1. The zero-order valence-corrected chi connectivity index (χ0v) is 10.1. The average Bonchev–Trinajstić information content (AvgIpc) is 2.77. The van der Waals surface area contributed by atoms with Gasteiger partial charge >= 0.3 is 0 Å². The van der Waals surface area contributed by atoms with Gasteiger partial charge in [-0.25, -0.2) is 4.98 Å². The minimum absolute atomic E-state index is 0.235. The van der Waals surface area contributed by atoms with Crippen LogP contribution in [0.1, 0.15) is 16.1 Å². The number of aromatic nitrogens is 3. The quantitative estimate of drug-likeness (QED) is 0.828. The van der Waals surface area contributed by atoms with Crippen LogP contribution in [0.2, 0.25) is 0 Å². The number of rotatable bonds is 2. The van der Waals surface area contributed by atoms with Crippen molar-refractivity contribution in [2.75, 3.05) is 5.32 Å². The zero-order valence-electron chi connectivity index (χ0n) is 8.49. The van der Waals surface area contributed by atoms with Crippen LogP contribution in [0.4, 0.5) is 5.69 Å². The number of hydrogen-bond acceptors (Lipinski definition) is 3. The Morgan fingerprint density at radius 1 is 1.56 bits per heavy atom. The van der Waals surface area contributed by atoms with Crippen molar-refractivity contribution in [3.8, 4) is 0 Å². The third-order valence-corrected chi connectivity index (χ3v) is 2.85. The number of amides is 1. The molecule has 0 aromatic carbocycles. The summed E-state index contributed by atoms with van der Waals surface area (Å²) in [6.07, 6.45) is 3.12. The lowest BCUT2D eigenvalue weighted by molar-refractivity contribution is 0.102. The van der Waals surface area contributed by atoms with Crippen LogP contribution < -0.4 is 5.32 Å². The van der Waals surface area contributed by atoms with Crippen LogP contribution in [-0.2, 0) is 0 Å². The van der Waals surface area contributed by atoms with Crippen molar-refractivity contribution in [2.24, 2.45) is 0 Å². The van der Waals surface area contributed by atoms with Crippen LogP contribution in [0.5, 0.6) is 0 Å². The Bertz CT molecular complexity index is 510. The second-order valence-electron chi connectivity index (χ2n) is 3.26. The van der Waals surface area contributed by atoms with E-state index in [-0.39, 0.29) is 5.91 Å². The highest BCUT2D eigenvalue weighted by molar-refractivity contribution is 9.10. The molecular weight excluding hydrogens is 272 g/mol. The summed E-state index contributed by atoms with van der Waals surface area (Å²) >= 11 is 3.29. The van der Waals surface area contributed by atoms with Crippen LogP contribution >= 0.6 is 15.9 Å². The topological polar surface area (TPSA) is 70.7 Å². The summed E-state index contributed by atoms with van der Waals surface area (Å²) in [5, 5.41) is 9.02. The number of nitrogens with zero attached hydrogens (tertiary/aromatic N) is 2. The first-order chi connectivity index (χ1) is 7.66. The molecule has 2 aromatic rings. The Balaban J connectivity index is 2.15. The van der Waals surface area contributed by atoms with E-state index < -0.39 is 0 Å². The highest BCUT2D eigenvalue weighted by atomic mass is 79.9. The molecular formula is C10H9BrN4O. The molecule has 0 aliphatic carbocycles. The van der Waals surface area contributed by atoms with E-state index in [1.54, 1.807) is 12.3 Å². The molecule has 0 bridgehead atoms. The van der Waals surface area contributed by atoms with Gasteiger partial charge < -0.3 is 5.32 Å². The molecule has 2 aromatic heterocycles. The number of hydrogen-bond donors (Lipinski definition) is 2. The van der Waals surface area contributed by atoms with E-state index in [2.05, 4.69) is 36.4 Å². The Morgan fingerprint density at radius 2 is 2.38 bits per heavy atom. The van der Waals surface area contributed by atoms with Crippen molar-refractivity contribution in [1.82, 2.24) is 15.2 Å². The van der Waals surface area contributed by atoms with Crippen molar-refractivity contribution in [2.45, 2.75) is 6.92 Å². The van der Waals surface area contributed by atoms with E-state index in [0.717, 1.165) is 10.2 Å². The molecule has 0 aliphatic heterocycles. The number of carbonyl (C=O) groups excluding carboxylic acids is 1. The second kappa shape index (κ2) is 4.44. The molecule has 5 nitrogen and oxygen atoms in total. The average molecular weight is 281 g/mol. The molecule has 2 heterocycles. The summed E-state index contributed by atoms with van der Waals surface area (Å²) in [5.41, 5.74) is 2.03. The van der Waals surface area contributed by atoms with Gasteiger partial charge in [-0.1, -0.05) is 0 Å². The van der Waals surface area contributed by atoms with Crippen LogP contribution in [0.25, 0.3) is 0 Å². The summed E-state index contributed by atoms with van der Waals surface area (Å²) in [5.74, 6) is -0.235. The number of carbonyl (C=O) groups is 1. The fourth-order valence-electron chi connectivity index (χ4n) is 1.21. The number of aryl methyl sites for hydroxylation is 1. The fraction of sp³-hybridized carbons (Fsp3) is 0.100. The highest BCUT2D eigenvalue weighted by Crippen LogP contribution is 2.17. The van der Waals surface area contributed by atoms with Crippen molar-refractivity contribution in [3.05, 3.63) is 40.4 Å². The molecule has 6 heteroatoms. The maximum absolute atomic E-state index is 11.6. The molecule has 0 saturated heterocycles. The van der Waals surface area contributed by atoms with Gasteiger partial charge in [-0.05, 0) is 40.5 Å². The van der Waals surface area contributed by atoms with Gasteiger partial charge in [0, 0.05) is 6.20 Å². The smallest absolute Gasteiger partial charge is 0.273 e. The summed E-state index contributed by atoms with van der Waals surface area (Å²) in [6.45, 7) is 1.91. The number of halogens is 1. The minimum Gasteiger partial charge on any atom is -0.319 e. The van der Waals surface area contributed by atoms with Crippen molar-refractivity contribution >= 4 is 27.5 Å². The van der Waals surface area contributed by atoms with E-state index in [9.17, 15) is 4.79 Å². The Kier molecular flexibility index (Phi) is 3.00. The first kappa shape index (κ1) is 10.8. The van der Waals surface area contributed by atoms with E-state index in [1.807, 2.05) is 13.0 Å². The molecule has 0 aliphatic rings. The Labute approximate surface area is 100 Å². The Morgan fingerprint density at radius 3 is 3.00 bits per heavy atom. The predicted octanol–water partition coefficient (Wildman–Crippen LogP) is 2.13. The predicted molar refractivity (Wildman–Crippen MR) is 63.2 cm³/mol. The van der Waals surface area contributed by atoms with E-state index in [0.29, 0.717) is 11.4 Å². The van der Waals surface area contributed by atoms with Crippen molar-refractivity contribution < 1.29 is 4.79 Å². The molecule has 82 valence electrons. The molecule has 0 unspecified atom stereocenters. The molecule has 0 radical (unpaired) electrons. The minimum atomic E-state index is -0.235. The van der Waals surface area contributed by atoms with Gasteiger partial charge in [-0.2, -0.15) is 5.10 Å². The highest BCUT2D eigenvalue weighted by Gasteiger charge is 2.07. The third-order valence-electron chi connectivity index (χ3n) is 2.02. The first-order valence-electron chi connectivity index (χ1n) is 4.59. The molecule has 0 atom stereocenters. The number of nitrogens with one attached hydrogen (secondary N) is 2. The molecule has 16 heavy (non-hydrogen) atoms. The molecule has 2 rings (SSSR count). The lowest BCUT2D eigenvalue weighted by Crippen LogP contribution is -2.12. The van der Waals surface area contributed by atoms with Gasteiger partial charge in [0.25, 0.3) is 5.91 Å². The standard InChI is InChI=1S/C10H9BrN4O/c1-6-4-7(5-12-9(6)11)14-10(16)8-2-3-13-15-8/h2-5H,1H3,(H,13,15)(H,14,16).